The molecule has 152 valence electrons. The minimum absolute atomic E-state index is 0. The van der Waals surface area contributed by atoms with Crippen molar-refractivity contribution in [1.82, 2.24) is 15.1 Å². The SMILES string of the molecule is CN(C)C(=O)N[C@H]1CC2(CCN([C@@H]3CC45C[C@H]4CC[C@@H]35)CC2)c2ccccc21.[HH]. The number of carbonyl (C=O) groups is 1. The first-order valence-corrected chi connectivity index (χ1v) is 11.3. The van der Waals surface area contributed by atoms with Crippen LogP contribution in [0.2, 0.25) is 0 Å². The first-order valence-electron chi connectivity index (χ1n) is 11.3. The van der Waals surface area contributed by atoms with Crippen LogP contribution < -0.4 is 5.32 Å². The van der Waals surface area contributed by atoms with Gasteiger partial charge in [0.05, 0.1) is 6.04 Å². The molecule has 0 radical (unpaired) electrons. The monoisotopic (exact) mass is 381 g/mol. The van der Waals surface area contributed by atoms with Crippen LogP contribution in [0.1, 0.15) is 63.5 Å². The number of carbonyl (C=O) groups excluding carboxylic acids is 1. The van der Waals surface area contributed by atoms with Gasteiger partial charge >= 0.3 is 6.03 Å². The molecular formula is C24H35N3O. The smallest absolute Gasteiger partial charge is 0.317 e. The van der Waals surface area contributed by atoms with Crippen LogP contribution in [0.3, 0.4) is 0 Å². The maximum atomic E-state index is 12.3. The molecule has 5 aliphatic rings. The topological polar surface area (TPSA) is 35.6 Å². The van der Waals surface area contributed by atoms with E-state index in [4.69, 9.17) is 0 Å². The molecule has 2 amide bonds. The molecule has 1 saturated heterocycles. The second-order valence-electron chi connectivity index (χ2n) is 10.6. The van der Waals surface area contributed by atoms with Gasteiger partial charge in [-0.05, 0) is 86.4 Å². The van der Waals surface area contributed by atoms with E-state index in [9.17, 15) is 4.79 Å². The summed E-state index contributed by atoms with van der Waals surface area (Å²) in [7, 11) is 3.65. The summed E-state index contributed by atoms with van der Waals surface area (Å²) in [5.74, 6) is 2.13. The van der Waals surface area contributed by atoms with E-state index in [1.165, 1.54) is 56.3 Å². The molecule has 28 heavy (non-hydrogen) atoms. The van der Waals surface area contributed by atoms with Gasteiger partial charge in [-0.2, -0.15) is 0 Å². The lowest BCUT2D eigenvalue weighted by Crippen LogP contribution is -2.56. The molecule has 1 aromatic carbocycles. The van der Waals surface area contributed by atoms with Gasteiger partial charge in [-0.1, -0.05) is 24.3 Å². The van der Waals surface area contributed by atoms with Crippen molar-refractivity contribution in [2.24, 2.45) is 17.3 Å². The largest absolute Gasteiger partial charge is 0.331 e. The molecule has 1 aliphatic heterocycles. The number of urea groups is 1. The summed E-state index contributed by atoms with van der Waals surface area (Å²) >= 11 is 0. The van der Waals surface area contributed by atoms with Crippen LogP contribution >= 0.6 is 0 Å². The summed E-state index contributed by atoms with van der Waals surface area (Å²) in [4.78, 5) is 16.8. The Morgan fingerprint density at radius 2 is 1.93 bits per heavy atom. The van der Waals surface area contributed by atoms with E-state index in [1.54, 1.807) is 11.3 Å². The van der Waals surface area contributed by atoms with E-state index in [0.29, 0.717) is 0 Å². The zero-order valence-electron chi connectivity index (χ0n) is 17.3. The fourth-order valence-electron chi connectivity index (χ4n) is 7.70. The summed E-state index contributed by atoms with van der Waals surface area (Å²) in [5.41, 5.74) is 3.94. The van der Waals surface area contributed by atoms with E-state index in [2.05, 4.69) is 34.5 Å². The van der Waals surface area contributed by atoms with Gasteiger partial charge in [0.1, 0.15) is 0 Å². The van der Waals surface area contributed by atoms with Gasteiger partial charge < -0.3 is 15.1 Å². The highest BCUT2D eigenvalue weighted by atomic mass is 16.2. The van der Waals surface area contributed by atoms with Gasteiger partial charge in [0, 0.05) is 27.0 Å². The molecular weight excluding hydrogens is 346 g/mol. The van der Waals surface area contributed by atoms with Crippen molar-refractivity contribution in [3.63, 3.8) is 0 Å². The molecule has 1 aromatic rings. The molecule has 0 bridgehead atoms. The number of nitrogens with zero attached hydrogens (tertiary/aromatic N) is 2. The van der Waals surface area contributed by atoms with Crippen LogP contribution in [-0.2, 0) is 5.41 Å². The molecule has 4 aliphatic carbocycles. The van der Waals surface area contributed by atoms with Crippen molar-refractivity contribution < 1.29 is 6.22 Å². The maximum absolute atomic E-state index is 12.3. The Hall–Kier alpha value is -1.55. The molecule has 2 spiro atoms. The molecule has 0 aromatic heterocycles. The van der Waals surface area contributed by atoms with Crippen LogP contribution in [-0.4, -0.2) is 49.1 Å². The third kappa shape index (κ3) is 2.24. The second kappa shape index (κ2) is 5.75. The second-order valence-corrected chi connectivity index (χ2v) is 10.6. The third-order valence-corrected chi connectivity index (χ3v) is 9.33. The maximum Gasteiger partial charge on any atom is 0.317 e. The number of benzene rings is 1. The number of rotatable bonds is 2. The molecule has 4 heteroatoms. The highest BCUT2D eigenvalue weighted by Gasteiger charge is 2.71. The number of fused-ring (bicyclic) bond motifs is 2. The van der Waals surface area contributed by atoms with Crippen LogP contribution in [0.15, 0.2) is 24.3 Å². The average Bonchev–Trinajstić information content (AvgIpc) is 3.27. The highest BCUT2D eigenvalue weighted by Crippen LogP contribution is 2.76. The van der Waals surface area contributed by atoms with Gasteiger partial charge in [0.25, 0.3) is 0 Å². The first kappa shape index (κ1) is 17.3. The van der Waals surface area contributed by atoms with Crippen LogP contribution in [0.25, 0.3) is 0 Å². The van der Waals surface area contributed by atoms with E-state index in [1.807, 2.05) is 14.1 Å². The number of hydrogen-bond donors (Lipinski definition) is 1. The predicted molar refractivity (Wildman–Crippen MR) is 112 cm³/mol. The molecule has 5 atom stereocenters. The Morgan fingerprint density at radius 1 is 1.14 bits per heavy atom. The lowest BCUT2D eigenvalue weighted by atomic mass is 9.65. The Kier molecular flexibility index (Phi) is 3.56. The van der Waals surface area contributed by atoms with E-state index < -0.39 is 0 Å². The summed E-state index contributed by atoms with van der Waals surface area (Å²) in [6, 6.07) is 9.94. The lowest BCUT2D eigenvalue weighted by molar-refractivity contribution is -0.0258. The predicted octanol–water partition coefficient (Wildman–Crippen LogP) is 4.17. The molecule has 1 unspecified atom stereocenters. The minimum Gasteiger partial charge on any atom is -0.331 e. The quantitative estimate of drug-likeness (QED) is 0.834. The fourth-order valence-corrected chi connectivity index (χ4v) is 7.70. The summed E-state index contributed by atoms with van der Waals surface area (Å²) in [6.07, 6.45) is 9.62. The first-order chi connectivity index (χ1) is 13.5. The van der Waals surface area contributed by atoms with Crippen LogP contribution in [0.5, 0.6) is 0 Å². The number of hydrogen-bond acceptors (Lipinski definition) is 2. The molecule has 6 rings (SSSR count). The average molecular weight is 382 g/mol. The molecule has 1 N–H and O–H groups in total. The van der Waals surface area contributed by atoms with Crippen LogP contribution in [0, 0.1) is 17.3 Å². The van der Waals surface area contributed by atoms with Crippen molar-refractivity contribution in [3.8, 4) is 0 Å². The molecule has 1 heterocycles. The summed E-state index contributed by atoms with van der Waals surface area (Å²) in [5, 5.41) is 3.28. The van der Waals surface area contributed by atoms with Crippen molar-refractivity contribution in [2.75, 3.05) is 27.2 Å². The van der Waals surface area contributed by atoms with Gasteiger partial charge in [-0.15, -0.1) is 0 Å². The third-order valence-electron chi connectivity index (χ3n) is 9.33. The number of piperidine rings is 1. The number of amides is 2. The Bertz CT molecular complexity index is 816. The summed E-state index contributed by atoms with van der Waals surface area (Å²) < 4.78 is 0. The summed E-state index contributed by atoms with van der Waals surface area (Å²) in [6.45, 7) is 2.48. The molecule has 3 saturated carbocycles. The normalized spacial score (nSPS) is 39.6. The van der Waals surface area contributed by atoms with E-state index in [0.717, 1.165) is 29.7 Å². The zero-order chi connectivity index (χ0) is 19.1. The molecule has 4 nitrogen and oxygen atoms in total. The highest BCUT2D eigenvalue weighted by molar-refractivity contribution is 5.74. The Morgan fingerprint density at radius 3 is 2.64 bits per heavy atom. The molecule has 4 fully saturated rings. The fraction of sp³-hybridized carbons (Fsp3) is 0.708. The van der Waals surface area contributed by atoms with Crippen molar-refractivity contribution in [2.45, 2.75) is 62.4 Å². The number of likely N-dealkylation sites (tertiary alicyclic amines) is 1. The zero-order valence-corrected chi connectivity index (χ0v) is 17.3. The van der Waals surface area contributed by atoms with Crippen molar-refractivity contribution in [3.05, 3.63) is 35.4 Å². The lowest BCUT2D eigenvalue weighted by Gasteiger charge is -2.53. The van der Waals surface area contributed by atoms with Crippen molar-refractivity contribution >= 4 is 6.03 Å². The van der Waals surface area contributed by atoms with Gasteiger partial charge in [0.2, 0.25) is 0 Å². The van der Waals surface area contributed by atoms with E-state index in [-0.39, 0.29) is 18.9 Å². The van der Waals surface area contributed by atoms with E-state index >= 15 is 0 Å². The minimum atomic E-state index is 0. The standard InChI is InChI=1S/C24H33N3O.H2/c1-26(2)22(28)25-20-14-23(18-6-4-3-5-17(18)20)9-11-27(12-10-23)21-15-24-13-16(24)7-8-19(21)24;/h3-6,16,19-21H,7-15H2,1-2H3,(H,25,28);1H/t16-,19+,20+,21-,24?;/m1./s1. The Labute approximate surface area is 170 Å². The van der Waals surface area contributed by atoms with Gasteiger partial charge in [-0.25, -0.2) is 4.79 Å². The van der Waals surface area contributed by atoms with Crippen LogP contribution in [0.4, 0.5) is 4.79 Å². The van der Waals surface area contributed by atoms with Gasteiger partial charge in [-0.3, -0.25) is 0 Å². The Balaban J connectivity index is 0.00000181. The number of nitrogens with one attached hydrogen (secondary N) is 1. The van der Waals surface area contributed by atoms with Crippen molar-refractivity contribution in [1.29, 1.82) is 0 Å². The van der Waals surface area contributed by atoms with Gasteiger partial charge in [0.15, 0.2) is 0 Å².